The first-order valence-corrected chi connectivity index (χ1v) is 12.2. The topological polar surface area (TPSA) is 0 Å². The number of rotatable bonds is 2. The van der Waals surface area contributed by atoms with E-state index in [-0.39, 0.29) is 0 Å². The zero-order valence-corrected chi connectivity index (χ0v) is 17.1. The smallest absolute Gasteiger partial charge is 0.0551 e. The van der Waals surface area contributed by atoms with Crippen LogP contribution in [0.4, 0.5) is 0 Å². The van der Waals surface area contributed by atoms with Crippen LogP contribution in [0.5, 0.6) is 0 Å². The maximum Gasteiger partial charge on any atom is 0.0551 e. The third-order valence-electron chi connectivity index (χ3n) is 5.90. The van der Waals surface area contributed by atoms with E-state index in [9.17, 15) is 0 Å². The fraction of sp³-hybridized carbons (Fsp3) is 0.154. The van der Waals surface area contributed by atoms with Crippen LogP contribution in [0.25, 0.3) is 38.7 Å². The zero-order valence-electron chi connectivity index (χ0n) is 16.1. The fourth-order valence-corrected chi connectivity index (χ4v) is 6.71. The normalized spacial score (nSPS) is 16.1. The Morgan fingerprint density at radius 1 is 0.741 bits per heavy atom. The first-order chi connectivity index (χ1) is 13.1. The van der Waals surface area contributed by atoms with Gasteiger partial charge in [0, 0.05) is 0 Å². The van der Waals surface area contributed by atoms with Crippen molar-refractivity contribution < 1.29 is 0 Å². The molecule has 1 unspecified atom stereocenters. The van der Waals surface area contributed by atoms with Gasteiger partial charge >= 0.3 is 0 Å². The van der Waals surface area contributed by atoms with Gasteiger partial charge in [-0.2, -0.15) is 0 Å². The summed E-state index contributed by atoms with van der Waals surface area (Å²) in [7, 11) is -0.423. The summed E-state index contributed by atoms with van der Waals surface area (Å²) in [6.07, 6.45) is 2.45. The molecule has 5 rings (SSSR count). The highest BCUT2D eigenvalue weighted by molar-refractivity contribution is 6.58. The van der Waals surface area contributed by atoms with Gasteiger partial charge in [0.2, 0.25) is 0 Å². The minimum Gasteiger partial charge on any atom is -0.0705 e. The summed E-state index contributed by atoms with van der Waals surface area (Å²) < 4.78 is 0. The van der Waals surface area contributed by atoms with E-state index in [1.54, 1.807) is 0 Å². The summed E-state index contributed by atoms with van der Waals surface area (Å²) in [5.41, 5.74) is 7.89. The molecule has 1 heteroatoms. The molecule has 0 saturated heterocycles. The van der Waals surface area contributed by atoms with Crippen molar-refractivity contribution in [2.45, 2.75) is 25.6 Å². The molecular weight excluding hydrogens is 340 g/mol. The highest BCUT2D eigenvalue weighted by atomic mass is 28.3. The minimum absolute atomic E-state index is 0.423. The molecule has 27 heavy (non-hydrogen) atoms. The number of allylic oxidation sites excluding steroid dienone is 1. The van der Waals surface area contributed by atoms with Crippen molar-refractivity contribution in [3.05, 3.63) is 89.5 Å². The zero-order chi connectivity index (χ0) is 18.5. The summed E-state index contributed by atoms with van der Waals surface area (Å²) in [6, 6.07) is 26.9. The Labute approximate surface area is 162 Å². The lowest BCUT2D eigenvalue weighted by Crippen LogP contribution is -2.15. The molecule has 0 saturated carbocycles. The Morgan fingerprint density at radius 3 is 2.00 bits per heavy atom. The van der Waals surface area contributed by atoms with E-state index in [2.05, 4.69) is 98.9 Å². The van der Waals surface area contributed by atoms with Gasteiger partial charge < -0.3 is 0 Å². The van der Waals surface area contributed by atoms with Gasteiger partial charge in [0.05, 0.1) is 8.80 Å². The summed E-state index contributed by atoms with van der Waals surface area (Å²) in [6.45, 7) is 7.18. The standard InChI is InChI=1S/C26H23Si/c1-17-15-24-22(13-8-14-23(24)26(17)27(2)3)25-20-11-6-4-9-18(20)16-19-10-5-7-12-21(19)25/h4-16,26H,1-3H3. The second kappa shape index (κ2) is 6.21. The van der Waals surface area contributed by atoms with E-state index in [4.69, 9.17) is 0 Å². The SMILES string of the molecule is CC1=Cc2c(-c3c4ccccc4cc4ccccc34)cccc2C1[Si](C)C. The molecule has 1 radical (unpaired) electrons. The van der Waals surface area contributed by atoms with Crippen LogP contribution in [-0.2, 0) is 0 Å². The maximum absolute atomic E-state index is 2.45. The van der Waals surface area contributed by atoms with Gasteiger partial charge in [-0.15, -0.1) is 0 Å². The van der Waals surface area contributed by atoms with Crippen molar-refractivity contribution in [1.29, 1.82) is 0 Å². The van der Waals surface area contributed by atoms with Gasteiger partial charge in [-0.1, -0.05) is 91.5 Å². The van der Waals surface area contributed by atoms with Crippen molar-refractivity contribution in [2.75, 3.05) is 0 Å². The Morgan fingerprint density at radius 2 is 1.37 bits per heavy atom. The molecule has 1 atom stereocenters. The molecule has 0 fully saturated rings. The molecule has 0 aliphatic heterocycles. The fourth-order valence-electron chi connectivity index (χ4n) is 4.84. The predicted octanol–water partition coefficient (Wildman–Crippen LogP) is 7.45. The van der Waals surface area contributed by atoms with Gasteiger partial charge in [0.15, 0.2) is 0 Å². The van der Waals surface area contributed by atoms with E-state index in [0.717, 1.165) is 0 Å². The average Bonchev–Trinajstić information content (AvgIpc) is 3.02. The molecular formula is C26H23Si. The summed E-state index contributed by atoms with van der Waals surface area (Å²) in [5, 5.41) is 5.32. The molecule has 0 heterocycles. The first kappa shape index (κ1) is 16.5. The van der Waals surface area contributed by atoms with E-state index in [1.165, 1.54) is 49.4 Å². The highest BCUT2D eigenvalue weighted by Gasteiger charge is 2.28. The molecule has 0 spiro atoms. The van der Waals surface area contributed by atoms with Crippen molar-refractivity contribution >= 4 is 36.4 Å². The van der Waals surface area contributed by atoms with Gasteiger partial charge in [0.25, 0.3) is 0 Å². The van der Waals surface area contributed by atoms with Crippen LogP contribution in [0.3, 0.4) is 0 Å². The molecule has 0 amide bonds. The van der Waals surface area contributed by atoms with Crippen LogP contribution in [0.2, 0.25) is 13.1 Å². The molecule has 131 valence electrons. The van der Waals surface area contributed by atoms with Crippen LogP contribution in [-0.4, -0.2) is 8.80 Å². The third kappa shape index (κ3) is 2.49. The molecule has 0 aromatic heterocycles. The van der Waals surface area contributed by atoms with Crippen molar-refractivity contribution in [3.8, 4) is 11.1 Å². The number of benzene rings is 4. The van der Waals surface area contributed by atoms with Crippen LogP contribution in [0.1, 0.15) is 23.6 Å². The quantitative estimate of drug-likeness (QED) is 0.256. The highest BCUT2D eigenvalue weighted by Crippen LogP contribution is 2.45. The number of fused-ring (bicyclic) bond motifs is 3. The maximum atomic E-state index is 2.45. The van der Waals surface area contributed by atoms with Crippen LogP contribution >= 0.6 is 0 Å². The number of hydrogen-bond donors (Lipinski definition) is 0. The van der Waals surface area contributed by atoms with E-state index < -0.39 is 8.80 Å². The minimum atomic E-state index is -0.423. The molecule has 4 aromatic carbocycles. The Kier molecular flexibility index (Phi) is 3.80. The second-order valence-corrected chi connectivity index (χ2v) is 10.6. The van der Waals surface area contributed by atoms with Crippen LogP contribution in [0, 0.1) is 0 Å². The van der Waals surface area contributed by atoms with Crippen molar-refractivity contribution in [1.82, 2.24) is 0 Å². The first-order valence-electron chi connectivity index (χ1n) is 9.67. The van der Waals surface area contributed by atoms with Gasteiger partial charge in [0.1, 0.15) is 0 Å². The van der Waals surface area contributed by atoms with Gasteiger partial charge in [-0.3, -0.25) is 0 Å². The average molecular weight is 364 g/mol. The lowest BCUT2D eigenvalue weighted by Gasteiger charge is -2.19. The Balaban J connectivity index is 1.91. The Hall–Kier alpha value is -2.64. The monoisotopic (exact) mass is 363 g/mol. The van der Waals surface area contributed by atoms with E-state index in [1.807, 2.05) is 0 Å². The van der Waals surface area contributed by atoms with Crippen LogP contribution < -0.4 is 0 Å². The molecule has 1 aliphatic carbocycles. The molecule has 0 bridgehead atoms. The molecule has 0 nitrogen and oxygen atoms in total. The van der Waals surface area contributed by atoms with E-state index >= 15 is 0 Å². The Bertz CT molecular complexity index is 1160. The molecule has 4 aromatic rings. The van der Waals surface area contributed by atoms with E-state index in [0.29, 0.717) is 5.54 Å². The molecule has 0 N–H and O–H groups in total. The summed E-state index contributed by atoms with van der Waals surface area (Å²) in [4.78, 5) is 0. The lowest BCUT2D eigenvalue weighted by molar-refractivity contribution is 1.10. The lowest BCUT2D eigenvalue weighted by atomic mass is 9.89. The van der Waals surface area contributed by atoms with Gasteiger partial charge in [-0.05, 0) is 62.3 Å². The molecule has 1 aliphatic rings. The van der Waals surface area contributed by atoms with Crippen LogP contribution in [0.15, 0.2) is 78.4 Å². The van der Waals surface area contributed by atoms with Crippen molar-refractivity contribution in [3.63, 3.8) is 0 Å². The summed E-state index contributed by atoms with van der Waals surface area (Å²) >= 11 is 0. The second-order valence-electron chi connectivity index (χ2n) is 7.90. The van der Waals surface area contributed by atoms with Crippen molar-refractivity contribution in [2.24, 2.45) is 0 Å². The largest absolute Gasteiger partial charge is 0.0705 e. The third-order valence-corrected chi connectivity index (χ3v) is 7.82. The van der Waals surface area contributed by atoms with Gasteiger partial charge in [-0.25, -0.2) is 0 Å². The predicted molar refractivity (Wildman–Crippen MR) is 121 cm³/mol. The number of hydrogen-bond acceptors (Lipinski definition) is 0. The summed E-state index contributed by atoms with van der Waals surface area (Å²) in [5.74, 6) is 0.